The lowest BCUT2D eigenvalue weighted by Crippen LogP contribution is -2.45. The van der Waals surface area contributed by atoms with Crippen LogP contribution < -0.4 is 15.4 Å². The minimum atomic E-state index is -0.0782. The highest BCUT2D eigenvalue weighted by Gasteiger charge is 2.36. The first-order valence-corrected chi connectivity index (χ1v) is 8.41. The van der Waals surface area contributed by atoms with Gasteiger partial charge in [-0.3, -0.25) is 0 Å². The molecule has 0 unspecified atom stereocenters. The van der Waals surface area contributed by atoms with Crippen LogP contribution in [0.25, 0.3) is 0 Å². The van der Waals surface area contributed by atoms with Gasteiger partial charge in [0.05, 0.1) is 12.6 Å². The molecule has 4 heteroatoms. The van der Waals surface area contributed by atoms with Gasteiger partial charge in [0, 0.05) is 5.69 Å². The Bertz CT molecular complexity index is 649. The quantitative estimate of drug-likeness (QED) is 0.813. The van der Waals surface area contributed by atoms with E-state index in [1.807, 2.05) is 42.5 Å². The highest BCUT2D eigenvalue weighted by Crippen LogP contribution is 2.39. The number of hydrogen-bond donors (Lipinski definition) is 2. The van der Waals surface area contributed by atoms with Gasteiger partial charge in [-0.05, 0) is 54.9 Å². The standard InChI is InChI=1S/C19H22N2OS/c1-22-17-11-9-15(10-12-17)19(13-5-6-14-19)21-18(23)20-16-7-3-2-4-8-16/h2-4,7-12H,5-6,13-14H2,1H3,(H2,20,21,23). The van der Waals surface area contributed by atoms with Crippen molar-refractivity contribution >= 4 is 23.0 Å². The molecule has 0 amide bonds. The molecular weight excluding hydrogens is 304 g/mol. The summed E-state index contributed by atoms with van der Waals surface area (Å²) in [5.74, 6) is 0.881. The lowest BCUT2D eigenvalue weighted by atomic mass is 9.88. The molecule has 0 atom stereocenters. The van der Waals surface area contributed by atoms with Crippen molar-refractivity contribution in [3.63, 3.8) is 0 Å². The number of benzene rings is 2. The molecule has 1 fully saturated rings. The summed E-state index contributed by atoms with van der Waals surface area (Å²) in [6.45, 7) is 0. The van der Waals surface area contributed by atoms with Crippen LogP contribution in [0.4, 0.5) is 5.69 Å². The Balaban J connectivity index is 1.76. The molecule has 0 aromatic heterocycles. The first-order chi connectivity index (χ1) is 11.2. The summed E-state index contributed by atoms with van der Waals surface area (Å²) in [6, 6.07) is 18.3. The van der Waals surface area contributed by atoms with Crippen molar-refractivity contribution in [2.75, 3.05) is 12.4 Å². The number of rotatable bonds is 4. The number of ether oxygens (including phenoxy) is 1. The largest absolute Gasteiger partial charge is 0.497 e. The molecule has 23 heavy (non-hydrogen) atoms. The molecule has 3 rings (SSSR count). The first-order valence-electron chi connectivity index (χ1n) is 8.01. The molecule has 3 nitrogen and oxygen atoms in total. The van der Waals surface area contributed by atoms with Crippen molar-refractivity contribution in [3.8, 4) is 5.75 Å². The van der Waals surface area contributed by atoms with Crippen molar-refractivity contribution in [1.82, 2.24) is 5.32 Å². The van der Waals surface area contributed by atoms with E-state index in [1.165, 1.54) is 18.4 Å². The monoisotopic (exact) mass is 326 g/mol. The number of thiocarbonyl (C=S) groups is 1. The Labute approximate surface area is 143 Å². The zero-order valence-corrected chi connectivity index (χ0v) is 14.2. The van der Waals surface area contributed by atoms with Gasteiger partial charge in [0.2, 0.25) is 0 Å². The molecule has 0 aliphatic heterocycles. The topological polar surface area (TPSA) is 33.3 Å². The van der Waals surface area contributed by atoms with Gasteiger partial charge < -0.3 is 15.4 Å². The summed E-state index contributed by atoms with van der Waals surface area (Å²) >= 11 is 5.55. The van der Waals surface area contributed by atoms with Crippen molar-refractivity contribution in [2.45, 2.75) is 31.2 Å². The van der Waals surface area contributed by atoms with E-state index in [1.54, 1.807) is 7.11 Å². The Hall–Kier alpha value is -2.07. The number of nitrogens with one attached hydrogen (secondary N) is 2. The Kier molecular flexibility index (Phi) is 4.82. The van der Waals surface area contributed by atoms with Gasteiger partial charge >= 0.3 is 0 Å². The smallest absolute Gasteiger partial charge is 0.171 e. The average Bonchev–Trinajstić information content (AvgIpc) is 3.05. The summed E-state index contributed by atoms with van der Waals surface area (Å²) in [5, 5.41) is 7.53. The summed E-state index contributed by atoms with van der Waals surface area (Å²) in [4.78, 5) is 0. The van der Waals surface area contributed by atoms with Crippen LogP contribution in [0.3, 0.4) is 0 Å². The third-order valence-corrected chi connectivity index (χ3v) is 4.69. The molecule has 1 aliphatic carbocycles. The van der Waals surface area contributed by atoms with E-state index < -0.39 is 0 Å². The molecule has 0 radical (unpaired) electrons. The van der Waals surface area contributed by atoms with E-state index in [0.29, 0.717) is 5.11 Å². The molecule has 120 valence electrons. The van der Waals surface area contributed by atoms with Crippen LogP contribution in [0.15, 0.2) is 54.6 Å². The Morgan fingerprint density at radius 2 is 1.65 bits per heavy atom. The van der Waals surface area contributed by atoms with Crippen LogP contribution in [-0.4, -0.2) is 12.2 Å². The predicted molar refractivity (Wildman–Crippen MR) is 98.9 cm³/mol. The lowest BCUT2D eigenvalue weighted by Gasteiger charge is -2.32. The molecule has 1 saturated carbocycles. The summed E-state index contributed by atoms with van der Waals surface area (Å²) in [7, 11) is 1.69. The van der Waals surface area contributed by atoms with E-state index in [0.717, 1.165) is 24.3 Å². The maximum Gasteiger partial charge on any atom is 0.171 e. The average molecular weight is 326 g/mol. The number of hydrogen-bond acceptors (Lipinski definition) is 2. The van der Waals surface area contributed by atoms with Crippen LogP contribution in [-0.2, 0) is 5.54 Å². The third-order valence-electron chi connectivity index (χ3n) is 4.48. The van der Waals surface area contributed by atoms with Gasteiger partial charge in [0.15, 0.2) is 5.11 Å². The van der Waals surface area contributed by atoms with Gasteiger partial charge in [0.25, 0.3) is 0 Å². The number of anilines is 1. The SMILES string of the molecule is COc1ccc(C2(NC(=S)Nc3ccccc3)CCCC2)cc1. The van der Waals surface area contributed by atoms with Crippen LogP contribution >= 0.6 is 12.2 Å². The summed E-state index contributed by atoms with van der Waals surface area (Å²) in [6.07, 6.45) is 4.62. The van der Waals surface area contributed by atoms with E-state index in [9.17, 15) is 0 Å². The van der Waals surface area contributed by atoms with Crippen LogP contribution in [0, 0.1) is 0 Å². The zero-order chi connectivity index (χ0) is 16.1. The van der Waals surface area contributed by atoms with Gasteiger partial charge in [-0.25, -0.2) is 0 Å². The molecule has 0 spiro atoms. The second-order valence-electron chi connectivity index (χ2n) is 5.96. The lowest BCUT2D eigenvalue weighted by molar-refractivity contribution is 0.401. The van der Waals surface area contributed by atoms with Gasteiger partial charge in [0.1, 0.15) is 5.75 Å². The second kappa shape index (κ2) is 7.01. The van der Waals surface area contributed by atoms with Crippen LogP contribution in [0.5, 0.6) is 5.75 Å². The molecule has 1 aliphatic rings. The van der Waals surface area contributed by atoms with Gasteiger partial charge in [-0.2, -0.15) is 0 Å². The van der Waals surface area contributed by atoms with Crippen LogP contribution in [0.1, 0.15) is 31.2 Å². The molecule has 0 bridgehead atoms. The maximum atomic E-state index is 5.55. The fraction of sp³-hybridized carbons (Fsp3) is 0.316. The van der Waals surface area contributed by atoms with E-state index in [4.69, 9.17) is 17.0 Å². The highest BCUT2D eigenvalue weighted by atomic mass is 32.1. The molecule has 2 aromatic carbocycles. The zero-order valence-electron chi connectivity index (χ0n) is 13.3. The third kappa shape index (κ3) is 3.64. The Morgan fingerprint density at radius 3 is 2.26 bits per heavy atom. The second-order valence-corrected chi connectivity index (χ2v) is 6.37. The van der Waals surface area contributed by atoms with Crippen molar-refractivity contribution < 1.29 is 4.74 Å². The van der Waals surface area contributed by atoms with Gasteiger partial charge in [-0.1, -0.05) is 43.2 Å². The number of para-hydroxylation sites is 1. The van der Waals surface area contributed by atoms with Gasteiger partial charge in [-0.15, -0.1) is 0 Å². The highest BCUT2D eigenvalue weighted by molar-refractivity contribution is 7.80. The predicted octanol–water partition coefficient (Wildman–Crippen LogP) is 4.45. The fourth-order valence-corrected chi connectivity index (χ4v) is 3.59. The summed E-state index contributed by atoms with van der Waals surface area (Å²) in [5.41, 5.74) is 2.20. The van der Waals surface area contributed by atoms with Crippen LogP contribution in [0.2, 0.25) is 0 Å². The Morgan fingerprint density at radius 1 is 1.00 bits per heavy atom. The molecule has 0 saturated heterocycles. The van der Waals surface area contributed by atoms with E-state index >= 15 is 0 Å². The van der Waals surface area contributed by atoms with Crippen molar-refractivity contribution in [1.29, 1.82) is 0 Å². The molecule has 0 heterocycles. The molecule has 2 aromatic rings. The van der Waals surface area contributed by atoms with Crippen molar-refractivity contribution in [3.05, 3.63) is 60.2 Å². The maximum absolute atomic E-state index is 5.55. The fourth-order valence-electron chi connectivity index (χ4n) is 3.28. The van der Waals surface area contributed by atoms with Crippen molar-refractivity contribution in [2.24, 2.45) is 0 Å². The minimum absolute atomic E-state index is 0.0782. The minimum Gasteiger partial charge on any atom is -0.497 e. The normalized spacial score (nSPS) is 15.9. The molecular formula is C19H22N2OS. The van der Waals surface area contributed by atoms with E-state index in [2.05, 4.69) is 22.8 Å². The summed E-state index contributed by atoms with van der Waals surface area (Å²) < 4.78 is 5.27. The van der Waals surface area contributed by atoms with E-state index in [-0.39, 0.29) is 5.54 Å². The number of methoxy groups -OCH3 is 1. The first kappa shape index (κ1) is 15.8. The molecule has 2 N–H and O–H groups in total.